The van der Waals surface area contributed by atoms with Crippen molar-refractivity contribution >= 4 is 34.6 Å². The second-order valence-electron chi connectivity index (χ2n) is 6.43. The molecule has 9 nitrogen and oxygen atoms in total. The minimum absolute atomic E-state index is 0.107. The maximum absolute atomic E-state index is 12.7. The maximum Gasteiger partial charge on any atom is 0.254 e. The van der Waals surface area contributed by atoms with Crippen LogP contribution in [-0.4, -0.2) is 70.1 Å². The highest BCUT2D eigenvalue weighted by Gasteiger charge is 2.29. The molecule has 3 aliphatic heterocycles. The first-order valence-electron chi connectivity index (χ1n) is 8.67. The number of fused-ring (bicyclic) bond motifs is 1. The summed E-state index contributed by atoms with van der Waals surface area (Å²) in [7, 11) is 0. The molecule has 4 rings (SSSR count). The summed E-state index contributed by atoms with van der Waals surface area (Å²) in [6.45, 7) is 4.28. The average Bonchev–Trinajstić information content (AvgIpc) is 3.04. The van der Waals surface area contributed by atoms with Gasteiger partial charge in [-0.2, -0.15) is 4.98 Å². The molecule has 0 atom stereocenters. The van der Waals surface area contributed by atoms with E-state index in [1.165, 1.54) is 6.07 Å². The summed E-state index contributed by atoms with van der Waals surface area (Å²) in [6.07, 6.45) is 1.43. The van der Waals surface area contributed by atoms with Crippen LogP contribution in [0.25, 0.3) is 0 Å². The van der Waals surface area contributed by atoms with E-state index >= 15 is 0 Å². The first-order chi connectivity index (χ1) is 12.6. The summed E-state index contributed by atoms with van der Waals surface area (Å²) < 4.78 is 0. The molecule has 1 fully saturated rings. The Morgan fingerprint density at radius 2 is 2.08 bits per heavy atom. The number of anilines is 2. The van der Waals surface area contributed by atoms with Crippen LogP contribution in [-0.2, 0) is 4.79 Å². The molecule has 0 radical (unpaired) electrons. The van der Waals surface area contributed by atoms with Crippen molar-refractivity contribution in [3.63, 3.8) is 0 Å². The van der Waals surface area contributed by atoms with Gasteiger partial charge in [0.15, 0.2) is 5.17 Å². The van der Waals surface area contributed by atoms with Gasteiger partial charge in [0, 0.05) is 51.0 Å². The molecular formula is C16H21N7O2S. The van der Waals surface area contributed by atoms with Gasteiger partial charge in [0.2, 0.25) is 11.9 Å². The van der Waals surface area contributed by atoms with Crippen LogP contribution < -0.4 is 16.2 Å². The Hall–Kier alpha value is -2.49. The molecule has 138 valence electrons. The molecule has 0 saturated carbocycles. The van der Waals surface area contributed by atoms with E-state index in [2.05, 4.69) is 19.9 Å². The average molecular weight is 375 g/mol. The molecule has 1 aromatic rings. The summed E-state index contributed by atoms with van der Waals surface area (Å²) >= 11 is 1.61. The topological polar surface area (TPSA) is 111 Å². The fourth-order valence-corrected chi connectivity index (χ4v) is 4.30. The second-order valence-corrected chi connectivity index (χ2v) is 7.27. The van der Waals surface area contributed by atoms with Gasteiger partial charge in [0.05, 0.1) is 6.42 Å². The molecule has 3 N–H and O–H groups in total. The zero-order valence-electron chi connectivity index (χ0n) is 14.3. The number of nitrogens with two attached hydrogens (primary N) is 1. The largest absolute Gasteiger partial charge is 0.369 e. The number of H-pyrrole nitrogens is 1. The number of carbonyl (C=O) groups excluding carboxylic acids is 1. The molecule has 0 aliphatic carbocycles. The molecule has 0 aromatic carbocycles. The lowest BCUT2D eigenvalue weighted by Crippen LogP contribution is -2.49. The van der Waals surface area contributed by atoms with Crippen molar-refractivity contribution in [2.45, 2.75) is 12.8 Å². The number of aromatic nitrogens is 2. The van der Waals surface area contributed by atoms with Gasteiger partial charge in [-0.05, 0) is 11.8 Å². The predicted molar refractivity (Wildman–Crippen MR) is 102 cm³/mol. The van der Waals surface area contributed by atoms with Gasteiger partial charge < -0.3 is 20.4 Å². The Kier molecular flexibility index (Phi) is 4.58. The highest BCUT2D eigenvalue weighted by atomic mass is 32.2. The lowest BCUT2D eigenvalue weighted by Gasteiger charge is -2.36. The van der Waals surface area contributed by atoms with E-state index in [9.17, 15) is 9.59 Å². The van der Waals surface area contributed by atoms with Crippen LogP contribution >= 0.6 is 11.8 Å². The molecule has 1 amide bonds. The Labute approximate surface area is 155 Å². The van der Waals surface area contributed by atoms with Gasteiger partial charge in [0.25, 0.3) is 5.56 Å². The van der Waals surface area contributed by atoms with Crippen molar-refractivity contribution < 1.29 is 4.79 Å². The summed E-state index contributed by atoms with van der Waals surface area (Å²) in [5, 5.41) is 3.06. The molecule has 0 bridgehead atoms. The normalized spacial score (nSPS) is 19.9. The van der Waals surface area contributed by atoms with Gasteiger partial charge >= 0.3 is 0 Å². The van der Waals surface area contributed by atoms with Crippen molar-refractivity contribution in [1.82, 2.24) is 19.8 Å². The molecule has 0 unspecified atom stereocenters. The Balaban J connectivity index is 1.34. The third-order valence-electron chi connectivity index (χ3n) is 4.70. The van der Waals surface area contributed by atoms with Crippen molar-refractivity contribution in [2.24, 2.45) is 4.99 Å². The van der Waals surface area contributed by atoms with Crippen molar-refractivity contribution in [2.75, 3.05) is 49.9 Å². The van der Waals surface area contributed by atoms with E-state index in [0.29, 0.717) is 38.4 Å². The lowest BCUT2D eigenvalue weighted by molar-refractivity contribution is -0.130. The number of nitrogen functional groups attached to an aromatic ring is 1. The van der Waals surface area contributed by atoms with Crippen LogP contribution in [0.1, 0.15) is 12.8 Å². The smallest absolute Gasteiger partial charge is 0.254 e. The molecular weight excluding hydrogens is 354 g/mol. The van der Waals surface area contributed by atoms with E-state index in [1.807, 2.05) is 15.2 Å². The number of hydrogen-bond acceptors (Lipinski definition) is 8. The predicted octanol–water partition coefficient (Wildman–Crippen LogP) is 0.0407. The standard InChI is InChI=1S/C16H21N7O2S/c17-15-19-12(9-13(24)20-15)21-4-6-22(7-5-21)14(25)8-11-10-26-16-18-2-1-3-23(11)16/h9-10H,1-8H2,(H3,17,19,20,24). The molecule has 10 heteroatoms. The molecule has 26 heavy (non-hydrogen) atoms. The number of aliphatic imine (C=N–C) groups is 1. The van der Waals surface area contributed by atoms with Gasteiger partial charge in [-0.3, -0.25) is 19.6 Å². The number of nitrogens with zero attached hydrogens (tertiary/aromatic N) is 5. The van der Waals surface area contributed by atoms with Crippen LogP contribution in [0.3, 0.4) is 0 Å². The molecule has 1 saturated heterocycles. The van der Waals surface area contributed by atoms with Crippen LogP contribution in [0.2, 0.25) is 0 Å². The number of thioether (sulfide) groups is 1. The SMILES string of the molecule is Nc1nc(N2CCN(C(=O)CC3=CSC4=NCCCN34)CC2)cc(=O)[nH]1. The number of carbonyl (C=O) groups is 1. The number of hydrogen-bond donors (Lipinski definition) is 2. The summed E-state index contributed by atoms with van der Waals surface area (Å²) in [4.78, 5) is 41.3. The van der Waals surface area contributed by atoms with Crippen LogP contribution in [0, 0.1) is 0 Å². The Morgan fingerprint density at radius 3 is 2.85 bits per heavy atom. The fraction of sp³-hybridized carbons (Fsp3) is 0.500. The zero-order chi connectivity index (χ0) is 18.1. The van der Waals surface area contributed by atoms with E-state index in [4.69, 9.17) is 5.73 Å². The first-order valence-corrected chi connectivity index (χ1v) is 9.55. The van der Waals surface area contributed by atoms with E-state index in [1.54, 1.807) is 11.8 Å². The van der Waals surface area contributed by atoms with Crippen molar-refractivity contribution in [3.05, 3.63) is 27.5 Å². The molecule has 3 aliphatic rings. The van der Waals surface area contributed by atoms with Crippen LogP contribution in [0.5, 0.6) is 0 Å². The molecule has 0 spiro atoms. The molecule has 1 aromatic heterocycles. The van der Waals surface area contributed by atoms with Crippen LogP contribution in [0.15, 0.2) is 27.0 Å². The minimum Gasteiger partial charge on any atom is -0.369 e. The summed E-state index contributed by atoms with van der Waals surface area (Å²) in [6, 6.07) is 1.44. The minimum atomic E-state index is -0.268. The lowest BCUT2D eigenvalue weighted by atomic mass is 10.2. The van der Waals surface area contributed by atoms with Crippen molar-refractivity contribution in [3.8, 4) is 0 Å². The zero-order valence-corrected chi connectivity index (χ0v) is 15.2. The third-order valence-corrected chi connectivity index (χ3v) is 5.65. The fourth-order valence-electron chi connectivity index (χ4n) is 3.35. The Morgan fingerprint density at radius 1 is 1.27 bits per heavy atom. The van der Waals surface area contributed by atoms with Gasteiger partial charge in [0.1, 0.15) is 5.82 Å². The number of nitrogens with one attached hydrogen (secondary N) is 1. The van der Waals surface area contributed by atoms with Gasteiger partial charge in [-0.1, -0.05) is 11.8 Å². The number of amidine groups is 1. The summed E-state index contributed by atoms with van der Waals surface area (Å²) in [5.41, 5.74) is 6.38. The number of rotatable bonds is 3. The first kappa shape index (κ1) is 17.0. The number of piperazine rings is 1. The van der Waals surface area contributed by atoms with E-state index in [0.717, 1.165) is 30.4 Å². The quantitative estimate of drug-likeness (QED) is 0.767. The van der Waals surface area contributed by atoms with Crippen LogP contribution in [0.4, 0.5) is 11.8 Å². The highest BCUT2D eigenvalue weighted by molar-refractivity contribution is 8.16. The summed E-state index contributed by atoms with van der Waals surface area (Å²) in [5.74, 6) is 0.791. The van der Waals surface area contributed by atoms with Gasteiger partial charge in [-0.25, -0.2) is 0 Å². The Bertz CT molecular complexity index is 826. The molecule has 4 heterocycles. The maximum atomic E-state index is 12.7. The van der Waals surface area contributed by atoms with E-state index < -0.39 is 0 Å². The monoisotopic (exact) mass is 375 g/mol. The highest BCUT2D eigenvalue weighted by Crippen LogP contribution is 2.31. The third kappa shape index (κ3) is 3.41. The second kappa shape index (κ2) is 7.02. The van der Waals surface area contributed by atoms with E-state index in [-0.39, 0.29) is 17.4 Å². The van der Waals surface area contributed by atoms with Gasteiger partial charge in [-0.15, -0.1) is 0 Å². The van der Waals surface area contributed by atoms with Crippen molar-refractivity contribution in [1.29, 1.82) is 0 Å². The number of amides is 1. The number of aromatic amines is 1.